The topological polar surface area (TPSA) is 56.7 Å². The molecule has 2 rings (SSSR count). The highest BCUT2D eigenvalue weighted by molar-refractivity contribution is 5.78. The summed E-state index contributed by atoms with van der Waals surface area (Å²) in [6.07, 6.45) is 3.51. The Morgan fingerprint density at radius 3 is 2.48 bits per heavy atom. The lowest BCUT2D eigenvalue weighted by Gasteiger charge is -2.30. The summed E-state index contributed by atoms with van der Waals surface area (Å²) in [5.74, 6) is 0.0670. The van der Waals surface area contributed by atoms with E-state index in [9.17, 15) is 9.90 Å². The van der Waals surface area contributed by atoms with Crippen LogP contribution in [0.5, 0.6) is 0 Å². The molecule has 1 aromatic rings. The smallest absolute Gasteiger partial charge is 0.236 e. The Morgan fingerprint density at radius 2 is 1.95 bits per heavy atom. The summed E-state index contributed by atoms with van der Waals surface area (Å²) in [6, 6.07) is 3.90. The average Bonchev–Trinajstić information content (AvgIpc) is 2.59. The van der Waals surface area contributed by atoms with Crippen molar-refractivity contribution in [1.82, 2.24) is 14.8 Å². The first-order chi connectivity index (χ1) is 9.71. The third kappa shape index (κ3) is 3.60. The molecule has 0 unspecified atom stereocenters. The zero-order valence-electron chi connectivity index (χ0n) is 13.3. The summed E-state index contributed by atoms with van der Waals surface area (Å²) in [5.41, 5.74) is 0.0348. The molecular formula is C16H25N3O2. The Bertz CT molecular complexity index is 484. The number of likely N-dealkylation sites (N-methyl/N-ethyl adjacent to an activating group) is 1. The van der Waals surface area contributed by atoms with Crippen LogP contribution in [0, 0.1) is 5.41 Å². The second-order valence-electron chi connectivity index (χ2n) is 6.94. The second-order valence-corrected chi connectivity index (χ2v) is 6.94. The van der Waals surface area contributed by atoms with Crippen molar-refractivity contribution in [1.29, 1.82) is 0 Å². The van der Waals surface area contributed by atoms with E-state index < -0.39 is 5.60 Å². The van der Waals surface area contributed by atoms with Crippen LogP contribution in [0.25, 0.3) is 0 Å². The van der Waals surface area contributed by atoms with Gasteiger partial charge in [-0.1, -0.05) is 13.8 Å². The number of hydrogen-bond acceptors (Lipinski definition) is 4. The zero-order chi connectivity index (χ0) is 15.7. The normalized spacial score (nSPS) is 24.6. The van der Waals surface area contributed by atoms with Crippen molar-refractivity contribution in [2.45, 2.75) is 32.9 Å². The molecule has 5 nitrogen and oxygen atoms in total. The average molecular weight is 291 g/mol. The molecule has 0 bridgehead atoms. The highest BCUT2D eigenvalue weighted by atomic mass is 16.3. The van der Waals surface area contributed by atoms with E-state index in [1.54, 1.807) is 24.2 Å². The van der Waals surface area contributed by atoms with Gasteiger partial charge in [0, 0.05) is 37.4 Å². The molecule has 1 aromatic heterocycles. The molecule has 1 atom stereocenters. The van der Waals surface area contributed by atoms with E-state index in [0.717, 1.165) is 5.56 Å². The third-order valence-corrected chi connectivity index (χ3v) is 4.50. The highest BCUT2D eigenvalue weighted by Gasteiger charge is 2.49. The van der Waals surface area contributed by atoms with Crippen LogP contribution in [0.15, 0.2) is 24.5 Å². The van der Waals surface area contributed by atoms with E-state index in [2.05, 4.69) is 4.98 Å². The summed E-state index contributed by atoms with van der Waals surface area (Å²) < 4.78 is 0. The van der Waals surface area contributed by atoms with Gasteiger partial charge in [0.05, 0.1) is 12.1 Å². The molecule has 1 aliphatic heterocycles. The number of carbonyl (C=O) groups excluding carboxylic acids is 1. The Hall–Kier alpha value is -1.46. The van der Waals surface area contributed by atoms with Crippen molar-refractivity contribution in [3.8, 4) is 0 Å². The Balaban J connectivity index is 1.91. The van der Waals surface area contributed by atoms with Crippen LogP contribution < -0.4 is 0 Å². The molecule has 0 spiro atoms. The van der Waals surface area contributed by atoms with E-state index in [-0.39, 0.29) is 11.3 Å². The molecule has 0 aliphatic carbocycles. The summed E-state index contributed by atoms with van der Waals surface area (Å²) in [6.45, 7) is 7.88. The van der Waals surface area contributed by atoms with Gasteiger partial charge < -0.3 is 10.0 Å². The molecule has 5 heteroatoms. The summed E-state index contributed by atoms with van der Waals surface area (Å²) in [7, 11) is 1.93. The summed E-state index contributed by atoms with van der Waals surface area (Å²) >= 11 is 0. The predicted molar refractivity (Wildman–Crippen MR) is 81.6 cm³/mol. The molecule has 1 amide bonds. The number of amides is 1. The van der Waals surface area contributed by atoms with Crippen LogP contribution in [0.4, 0.5) is 0 Å². The van der Waals surface area contributed by atoms with Crippen molar-refractivity contribution >= 4 is 5.91 Å². The number of likely N-dealkylation sites (tertiary alicyclic amines) is 1. The van der Waals surface area contributed by atoms with E-state index in [0.29, 0.717) is 26.2 Å². The number of aliphatic hydroxyl groups is 1. The lowest BCUT2D eigenvalue weighted by molar-refractivity contribution is -0.132. The van der Waals surface area contributed by atoms with Crippen LogP contribution in [-0.2, 0) is 11.3 Å². The van der Waals surface area contributed by atoms with Gasteiger partial charge in [-0.3, -0.25) is 14.7 Å². The fourth-order valence-electron chi connectivity index (χ4n) is 2.65. The van der Waals surface area contributed by atoms with Gasteiger partial charge in [-0.25, -0.2) is 0 Å². The fraction of sp³-hybridized carbons (Fsp3) is 0.625. The van der Waals surface area contributed by atoms with Gasteiger partial charge in [0.1, 0.15) is 0 Å². The molecule has 0 aromatic carbocycles. The van der Waals surface area contributed by atoms with Gasteiger partial charge in [0.25, 0.3) is 0 Å². The molecule has 1 fully saturated rings. The Labute approximate surface area is 126 Å². The quantitative estimate of drug-likeness (QED) is 0.903. The van der Waals surface area contributed by atoms with E-state index in [4.69, 9.17) is 0 Å². The van der Waals surface area contributed by atoms with Gasteiger partial charge >= 0.3 is 0 Å². The van der Waals surface area contributed by atoms with Crippen LogP contribution in [0.2, 0.25) is 0 Å². The minimum atomic E-state index is -0.827. The van der Waals surface area contributed by atoms with Gasteiger partial charge in [0.15, 0.2) is 0 Å². The molecule has 0 radical (unpaired) electrons. The standard InChI is InChI=1S/C16H25N3O2/c1-15(2)11-19(12-16(15,3)21)14(20)10-18(4)9-13-5-7-17-8-6-13/h5-8,21H,9-12H2,1-4H3/t16-/m1/s1. The molecule has 1 aliphatic rings. The fourth-order valence-corrected chi connectivity index (χ4v) is 2.65. The summed E-state index contributed by atoms with van der Waals surface area (Å²) in [5, 5.41) is 10.4. The summed E-state index contributed by atoms with van der Waals surface area (Å²) in [4.78, 5) is 20.1. The second kappa shape index (κ2) is 5.73. The maximum Gasteiger partial charge on any atom is 0.236 e. The van der Waals surface area contributed by atoms with Gasteiger partial charge in [-0.05, 0) is 31.7 Å². The van der Waals surface area contributed by atoms with Crippen LogP contribution >= 0.6 is 0 Å². The first-order valence-corrected chi connectivity index (χ1v) is 7.29. The van der Waals surface area contributed by atoms with Crippen molar-refractivity contribution < 1.29 is 9.90 Å². The molecule has 2 heterocycles. The first-order valence-electron chi connectivity index (χ1n) is 7.29. The number of nitrogens with zero attached hydrogens (tertiary/aromatic N) is 3. The van der Waals surface area contributed by atoms with Crippen LogP contribution in [0.1, 0.15) is 26.3 Å². The number of hydrogen-bond donors (Lipinski definition) is 1. The SMILES string of the molecule is CN(CC(=O)N1CC(C)(C)[C@](C)(O)C1)Cc1ccncc1. The lowest BCUT2D eigenvalue weighted by Crippen LogP contribution is -2.41. The minimum Gasteiger partial charge on any atom is -0.388 e. The van der Waals surface area contributed by atoms with Crippen molar-refractivity contribution in [2.75, 3.05) is 26.7 Å². The highest BCUT2D eigenvalue weighted by Crippen LogP contribution is 2.38. The van der Waals surface area contributed by atoms with Crippen molar-refractivity contribution in [3.63, 3.8) is 0 Å². The number of pyridine rings is 1. The molecule has 1 saturated heterocycles. The van der Waals surface area contributed by atoms with Crippen LogP contribution in [-0.4, -0.2) is 58.1 Å². The first kappa shape index (κ1) is 15.9. The Kier molecular flexibility index (Phi) is 4.35. The van der Waals surface area contributed by atoms with Crippen LogP contribution in [0.3, 0.4) is 0 Å². The maximum atomic E-state index is 12.4. The van der Waals surface area contributed by atoms with Gasteiger partial charge in [-0.2, -0.15) is 0 Å². The molecule has 1 N–H and O–H groups in total. The third-order valence-electron chi connectivity index (χ3n) is 4.50. The Morgan fingerprint density at radius 1 is 1.33 bits per heavy atom. The largest absolute Gasteiger partial charge is 0.388 e. The van der Waals surface area contributed by atoms with E-state index in [1.165, 1.54) is 0 Å². The number of rotatable bonds is 4. The number of aromatic nitrogens is 1. The molecular weight excluding hydrogens is 266 g/mol. The molecule has 0 saturated carbocycles. The van der Waals surface area contributed by atoms with E-state index >= 15 is 0 Å². The van der Waals surface area contributed by atoms with Gasteiger partial charge in [-0.15, -0.1) is 0 Å². The number of β-amino-alcohol motifs (C(OH)–C–C–N with tert-alkyl or cyclic N) is 1. The van der Waals surface area contributed by atoms with Gasteiger partial charge in [0.2, 0.25) is 5.91 Å². The van der Waals surface area contributed by atoms with Crippen molar-refractivity contribution in [3.05, 3.63) is 30.1 Å². The lowest BCUT2D eigenvalue weighted by atomic mass is 9.79. The minimum absolute atomic E-state index is 0.0670. The number of carbonyl (C=O) groups is 1. The van der Waals surface area contributed by atoms with E-state index in [1.807, 2.05) is 37.9 Å². The monoisotopic (exact) mass is 291 g/mol. The van der Waals surface area contributed by atoms with Crippen molar-refractivity contribution in [2.24, 2.45) is 5.41 Å². The maximum absolute atomic E-state index is 12.4. The zero-order valence-corrected chi connectivity index (χ0v) is 13.3. The molecule has 116 valence electrons. The molecule has 21 heavy (non-hydrogen) atoms. The predicted octanol–water partition coefficient (Wildman–Crippen LogP) is 1.13.